The largest absolute Gasteiger partial charge is 0.508 e. The first-order valence-electron chi connectivity index (χ1n) is 23.0. The Morgan fingerprint density at radius 3 is 1.44 bits per heavy atom. The molecule has 2 atom stereocenters. The lowest BCUT2D eigenvalue weighted by Crippen LogP contribution is -2.49. The highest BCUT2D eigenvalue weighted by Gasteiger charge is 2.24. The molecule has 55 heavy (non-hydrogen) atoms. The number of piperazine rings is 1. The van der Waals surface area contributed by atoms with E-state index in [1.54, 1.807) is 0 Å². The van der Waals surface area contributed by atoms with Crippen molar-refractivity contribution in [2.24, 2.45) is 0 Å². The molecule has 10 nitrogen and oxygen atoms in total. The monoisotopic (exact) mass is 802 g/mol. The van der Waals surface area contributed by atoms with Crippen LogP contribution in [-0.2, 0) is 30.1 Å². The quantitative estimate of drug-likeness (QED) is 0.0367. The summed E-state index contributed by atoms with van der Waals surface area (Å²) in [7, 11) is 2.13. The molecule has 0 aromatic heterocycles. The standard InChI is InChI=1S/C44H87N3O7S/c1-4-6-8-10-12-14-16-18-24-30-43(48)52-37-27-22-19-25-31-46(40-42(55(50)51)41-47-35-33-45(3)34-36-47)32-26-20-23-29-39-54-44(49)53-38-28-21-17-15-13-11-9-7-5-2/h42H,4-41H2,1-3H3,(H,50,51). The van der Waals surface area contributed by atoms with Crippen LogP contribution in [0.15, 0.2) is 0 Å². The van der Waals surface area contributed by atoms with Gasteiger partial charge in [-0.3, -0.25) is 9.69 Å². The molecule has 2 unspecified atom stereocenters. The molecule has 1 heterocycles. The maximum Gasteiger partial charge on any atom is 0.508 e. The van der Waals surface area contributed by atoms with Gasteiger partial charge in [0.05, 0.1) is 25.1 Å². The van der Waals surface area contributed by atoms with Crippen molar-refractivity contribution in [2.75, 3.05) is 79.2 Å². The normalized spacial score (nSPS) is 15.0. The minimum absolute atomic E-state index is 0.0617. The van der Waals surface area contributed by atoms with Crippen molar-refractivity contribution >= 4 is 23.2 Å². The molecular formula is C44H87N3O7S. The smallest absolute Gasteiger partial charge is 0.466 e. The van der Waals surface area contributed by atoms with Crippen LogP contribution in [0, 0.1) is 0 Å². The molecule has 1 N–H and O–H groups in total. The number of hydrogen-bond acceptors (Lipinski definition) is 9. The highest BCUT2D eigenvalue weighted by molar-refractivity contribution is 7.80. The van der Waals surface area contributed by atoms with E-state index in [4.69, 9.17) is 14.2 Å². The number of rotatable bonds is 39. The van der Waals surface area contributed by atoms with Crippen molar-refractivity contribution in [3.63, 3.8) is 0 Å². The number of nitrogens with zero attached hydrogens (tertiary/aromatic N) is 3. The molecule has 1 aliphatic rings. The van der Waals surface area contributed by atoms with E-state index in [-0.39, 0.29) is 11.2 Å². The van der Waals surface area contributed by atoms with Crippen molar-refractivity contribution in [1.29, 1.82) is 0 Å². The van der Waals surface area contributed by atoms with Gasteiger partial charge in [0.15, 0.2) is 11.1 Å². The predicted octanol–water partition coefficient (Wildman–Crippen LogP) is 10.4. The first-order chi connectivity index (χ1) is 26.8. The van der Waals surface area contributed by atoms with E-state index >= 15 is 0 Å². The van der Waals surface area contributed by atoms with Gasteiger partial charge in [0.1, 0.15) is 0 Å². The van der Waals surface area contributed by atoms with E-state index in [0.717, 1.165) is 116 Å². The van der Waals surface area contributed by atoms with Crippen molar-refractivity contribution in [2.45, 2.75) is 192 Å². The Morgan fingerprint density at radius 1 is 0.582 bits per heavy atom. The van der Waals surface area contributed by atoms with E-state index in [1.165, 1.54) is 89.9 Å². The van der Waals surface area contributed by atoms with Gasteiger partial charge in [0.2, 0.25) is 0 Å². The van der Waals surface area contributed by atoms with Gasteiger partial charge in [-0.15, -0.1) is 0 Å². The zero-order valence-electron chi connectivity index (χ0n) is 36.1. The summed E-state index contributed by atoms with van der Waals surface area (Å²) < 4.78 is 38.7. The number of carbonyl (C=O) groups is 2. The summed E-state index contributed by atoms with van der Waals surface area (Å²) in [6.07, 6.45) is 30.0. The van der Waals surface area contributed by atoms with Crippen LogP contribution in [0.5, 0.6) is 0 Å². The second-order valence-electron chi connectivity index (χ2n) is 16.2. The van der Waals surface area contributed by atoms with E-state index in [9.17, 15) is 18.4 Å². The van der Waals surface area contributed by atoms with Gasteiger partial charge in [-0.25, -0.2) is 9.00 Å². The molecule has 1 fully saturated rings. The third kappa shape index (κ3) is 33.4. The molecule has 1 rings (SSSR count). The Labute approximate surface area is 341 Å². The van der Waals surface area contributed by atoms with Crippen molar-refractivity contribution < 1.29 is 32.6 Å². The van der Waals surface area contributed by atoms with Gasteiger partial charge in [0.25, 0.3) is 0 Å². The molecule has 0 amide bonds. The number of hydrogen-bond donors (Lipinski definition) is 1. The van der Waals surface area contributed by atoms with Crippen LogP contribution in [-0.4, -0.2) is 120 Å². The fourth-order valence-electron chi connectivity index (χ4n) is 7.27. The molecule has 0 aliphatic carbocycles. The molecule has 1 aliphatic heterocycles. The van der Waals surface area contributed by atoms with Crippen LogP contribution < -0.4 is 0 Å². The zero-order valence-corrected chi connectivity index (χ0v) is 36.9. The number of unbranched alkanes of at least 4 members (excludes halogenated alkanes) is 22. The van der Waals surface area contributed by atoms with Gasteiger partial charge < -0.3 is 28.6 Å². The summed E-state index contributed by atoms with van der Waals surface area (Å²) in [4.78, 5) is 31.1. The zero-order chi connectivity index (χ0) is 40.0. The van der Waals surface area contributed by atoms with E-state index in [1.807, 2.05) is 0 Å². The number of ether oxygens (including phenoxy) is 3. The number of esters is 1. The molecule has 0 aromatic rings. The minimum Gasteiger partial charge on any atom is -0.466 e. The summed E-state index contributed by atoms with van der Waals surface area (Å²) >= 11 is -1.89. The first kappa shape index (κ1) is 51.7. The lowest BCUT2D eigenvalue weighted by atomic mass is 10.1. The van der Waals surface area contributed by atoms with Crippen LogP contribution >= 0.6 is 0 Å². The first-order valence-corrected chi connectivity index (χ1v) is 24.2. The molecule has 326 valence electrons. The maximum absolute atomic E-state index is 12.5. The van der Waals surface area contributed by atoms with Crippen LogP contribution in [0.2, 0.25) is 0 Å². The predicted molar refractivity (Wildman–Crippen MR) is 229 cm³/mol. The highest BCUT2D eigenvalue weighted by atomic mass is 32.2. The van der Waals surface area contributed by atoms with Crippen molar-refractivity contribution in [3.05, 3.63) is 0 Å². The van der Waals surface area contributed by atoms with Gasteiger partial charge in [-0.05, 0) is 58.7 Å². The number of carbonyl (C=O) groups excluding carboxylic acids is 2. The third-order valence-electron chi connectivity index (χ3n) is 11.0. The van der Waals surface area contributed by atoms with Gasteiger partial charge >= 0.3 is 12.1 Å². The Bertz CT molecular complexity index is 907. The molecule has 11 heteroatoms. The van der Waals surface area contributed by atoms with Crippen molar-refractivity contribution in [1.82, 2.24) is 14.7 Å². The lowest BCUT2D eigenvalue weighted by molar-refractivity contribution is -0.143. The summed E-state index contributed by atoms with van der Waals surface area (Å²) in [5.41, 5.74) is 0. The fourth-order valence-corrected chi connectivity index (χ4v) is 7.95. The third-order valence-corrected chi connectivity index (χ3v) is 11.8. The Kier molecular flexibility index (Phi) is 36.0. The fraction of sp³-hybridized carbons (Fsp3) is 0.955. The SMILES string of the molecule is CCCCCCCCCCCOC(=O)OCCCCCCN(CCCCCCOC(=O)CCCCCCCCCCC)CC(CN1CCN(C)CC1)S(=O)O. The lowest BCUT2D eigenvalue weighted by Gasteiger charge is -2.35. The Hall–Kier alpha value is -1.27. The van der Waals surface area contributed by atoms with Gasteiger partial charge in [0, 0.05) is 45.7 Å². The molecule has 1 saturated heterocycles. The van der Waals surface area contributed by atoms with E-state index in [0.29, 0.717) is 39.3 Å². The Balaban J connectivity index is 2.27. The summed E-state index contributed by atoms with van der Waals surface area (Å²) in [6.45, 7) is 12.7. The molecule has 0 aromatic carbocycles. The van der Waals surface area contributed by atoms with Crippen LogP contribution in [0.1, 0.15) is 187 Å². The molecule has 0 bridgehead atoms. The summed E-state index contributed by atoms with van der Waals surface area (Å²) in [6, 6.07) is 0. The summed E-state index contributed by atoms with van der Waals surface area (Å²) in [5, 5.41) is -0.302. The topological polar surface area (TPSA) is 109 Å². The van der Waals surface area contributed by atoms with Crippen molar-refractivity contribution in [3.8, 4) is 0 Å². The average Bonchev–Trinajstić information content (AvgIpc) is 3.17. The maximum atomic E-state index is 12.5. The highest BCUT2D eigenvalue weighted by Crippen LogP contribution is 2.14. The van der Waals surface area contributed by atoms with Gasteiger partial charge in [-0.2, -0.15) is 0 Å². The van der Waals surface area contributed by atoms with Gasteiger partial charge in [-0.1, -0.05) is 142 Å². The molecule has 0 spiro atoms. The molecule has 0 saturated carbocycles. The second kappa shape index (κ2) is 38.3. The second-order valence-corrected chi connectivity index (χ2v) is 17.4. The minimum atomic E-state index is -1.89. The van der Waals surface area contributed by atoms with E-state index < -0.39 is 17.2 Å². The summed E-state index contributed by atoms with van der Waals surface area (Å²) in [5.74, 6) is -0.0617. The Morgan fingerprint density at radius 2 is 0.982 bits per heavy atom. The van der Waals surface area contributed by atoms with Crippen LogP contribution in [0.4, 0.5) is 4.79 Å². The van der Waals surface area contributed by atoms with E-state index in [2.05, 4.69) is 35.6 Å². The van der Waals surface area contributed by atoms with Crippen LogP contribution in [0.3, 0.4) is 0 Å². The molecular weight excluding hydrogens is 715 g/mol. The molecule has 0 radical (unpaired) electrons. The van der Waals surface area contributed by atoms with Crippen LogP contribution in [0.25, 0.3) is 0 Å². The average molecular weight is 802 g/mol. The number of likely N-dealkylation sites (N-methyl/N-ethyl adjacent to an activating group) is 1.